The smallest absolute Gasteiger partial charge is 0.257 e. The molecule has 0 fully saturated rings. The van der Waals surface area contributed by atoms with Gasteiger partial charge in [0.25, 0.3) is 10.0 Å². The quantitative estimate of drug-likeness (QED) is 0.834. The Morgan fingerprint density at radius 1 is 0.900 bits per heavy atom. The average Bonchev–Trinajstić information content (AvgIpc) is 2.40. The largest absolute Gasteiger partial charge is 0.278 e. The highest BCUT2D eigenvalue weighted by molar-refractivity contribution is 7.89. The number of amides is 1. The number of sulfonamides is 1. The molecule has 0 saturated heterocycles. The van der Waals surface area contributed by atoms with Crippen molar-refractivity contribution >= 4 is 15.9 Å². The fourth-order valence-corrected chi connectivity index (χ4v) is 3.59. The van der Waals surface area contributed by atoms with E-state index in [0.717, 1.165) is 16.7 Å². The molecule has 0 aliphatic carbocycles. The zero-order valence-corrected chi connectivity index (χ0v) is 13.7. The molecule has 1 aromatic rings. The fraction of sp³-hybridized carbons (Fsp3) is 0.500. The second-order valence-corrected chi connectivity index (χ2v) is 6.58. The molecule has 0 bridgehead atoms. The van der Waals surface area contributed by atoms with E-state index in [4.69, 9.17) is 0 Å². The van der Waals surface area contributed by atoms with Gasteiger partial charge in [-0.3, -0.25) is 10.2 Å². The Morgan fingerprint density at radius 3 is 1.70 bits per heavy atom. The summed E-state index contributed by atoms with van der Waals surface area (Å²) in [6, 6.07) is 0. The summed E-state index contributed by atoms with van der Waals surface area (Å²) in [5.41, 5.74) is 6.63. The summed E-state index contributed by atoms with van der Waals surface area (Å²) in [5, 5.41) is 0. The molecule has 1 rings (SSSR count). The van der Waals surface area contributed by atoms with Crippen LogP contribution in [0.15, 0.2) is 4.90 Å². The van der Waals surface area contributed by atoms with Gasteiger partial charge in [0.2, 0.25) is 5.91 Å². The molecule has 6 heteroatoms. The molecule has 0 unspecified atom stereocenters. The Morgan fingerprint density at radius 2 is 1.30 bits per heavy atom. The maximum Gasteiger partial charge on any atom is 0.257 e. The normalized spacial score (nSPS) is 11.5. The van der Waals surface area contributed by atoms with E-state index < -0.39 is 10.0 Å². The lowest BCUT2D eigenvalue weighted by molar-refractivity contribution is -0.121. The van der Waals surface area contributed by atoms with Gasteiger partial charge in [-0.25, -0.2) is 8.42 Å². The van der Waals surface area contributed by atoms with Gasteiger partial charge in [-0.15, -0.1) is 4.83 Å². The zero-order chi connectivity index (χ0) is 15.7. The highest BCUT2D eigenvalue weighted by Crippen LogP contribution is 2.29. The van der Waals surface area contributed by atoms with Crippen molar-refractivity contribution in [3.8, 4) is 0 Å². The Balaban J connectivity index is 3.36. The lowest BCUT2D eigenvalue weighted by Crippen LogP contribution is -2.41. The number of hydrogen-bond acceptors (Lipinski definition) is 3. The van der Waals surface area contributed by atoms with Crippen LogP contribution in [0.5, 0.6) is 0 Å². The number of carbonyl (C=O) groups is 1. The summed E-state index contributed by atoms with van der Waals surface area (Å²) in [4.78, 5) is 13.6. The minimum absolute atomic E-state index is 0.215. The van der Waals surface area contributed by atoms with E-state index in [9.17, 15) is 13.2 Å². The molecule has 0 radical (unpaired) electrons. The van der Waals surface area contributed by atoms with Crippen LogP contribution in [-0.4, -0.2) is 14.3 Å². The first kappa shape index (κ1) is 16.7. The number of hydrazine groups is 1. The van der Waals surface area contributed by atoms with Gasteiger partial charge in [0, 0.05) is 6.42 Å². The van der Waals surface area contributed by atoms with Crippen LogP contribution in [0.2, 0.25) is 0 Å². The van der Waals surface area contributed by atoms with Crippen LogP contribution >= 0.6 is 0 Å². The highest BCUT2D eigenvalue weighted by atomic mass is 32.2. The van der Waals surface area contributed by atoms with Crippen LogP contribution in [0.25, 0.3) is 0 Å². The summed E-state index contributed by atoms with van der Waals surface area (Å²) in [6.07, 6.45) is 0.215. The number of benzene rings is 1. The molecule has 2 N–H and O–H groups in total. The second-order valence-electron chi connectivity index (χ2n) is 4.96. The Hall–Kier alpha value is -1.40. The molecular formula is C14H22N2O3S. The van der Waals surface area contributed by atoms with Crippen LogP contribution in [0.4, 0.5) is 0 Å². The zero-order valence-electron chi connectivity index (χ0n) is 12.8. The molecule has 5 nitrogen and oxygen atoms in total. The molecule has 1 aromatic carbocycles. The van der Waals surface area contributed by atoms with Gasteiger partial charge in [0.05, 0.1) is 4.90 Å². The average molecular weight is 298 g/mol. The van der Waals surface area contributed by atoms with E-state index in [1.54, 1.807) is 20.8 Å². The highest BCUT2D eigenvalue weighted by Gasteiger charge is 2.23. The third-order valence-corrected chi connectivity index (χ3v) is 5.37. The van der Waals surface area contributed by atoms with Crippen molar-refractivity contribution in [2.75, 3.05) is 0 Å². The van der Waals surface area contributed by atoms with E-state index in [1.807, 2.05) is 20.8 Å². The van der Waals surface area contributed by atoms with Crippen molar-refractivity contribution in [2.45, 2.75) is 52.9 Å². The van der Waals surface area contributed by atoms with E-state index in [2.05, 4.69) is 10.3 Å². The van der Waals surface area contributed by atoms with Gasteiger partial charge >= 0.3 is 0 Å². The molecule has 0 saturated carbocycles. The van der Waals surface area contributed by atoms with Crippen LogP contribution in [0, 0.1) is 34.6 Å². The van der Waals surface area contributed by atoms with Crippen LogP contribution in [-0.2, 0) is 14.8 Å². The van der Waals surface area contributed by atoms with Crippen LogP contribution in [0.1, 0.15) is 41.2 Å². The molecular weight excluding hydrogens is 276 g/mol. The first-order chi connectivity index (χ1) is 9.13. The van der Waals surface area contributed by atoms with E-state index in [1.165, 1.54) is 0 Å². The van der Waals surface area contributed by atoms with Gasteiger partial charge < -0.3 is 0 Å². The standard InChI is InChI=1S/C14H22N2O3S/c1-7-13(17)15-16-20(18,19)14-11(5)9(3)8(2)10(4)12(14)6/h16H,7H2,1-6H3,(H,15,17). The summed E-state index contributed by atoms with van der Waals surface area (Å²) in [7, 11) is -3.77. The maximum atomic E-state index is 12.4. The number of rotatable bonds is 4. The SMILES string of the molecule is CCC(=O)NNS(=O)(=O)c1c(C)c(C)c(C)c(C)c1C. The third-order valence-electron chi connectivity index (χ3n) is 3.85. The van der Waals surface area contributed by atoms with Crippen molar-refractivity contribution in [3.05, 3.63) is 27.8 Å². The van der Waals surface area contributed by atoms with Crippen LogP contribution < -0.4 is 10.3 Å². The van der Waals surface area contributed by atoms with Gasteiger partial charge in [0.1, 0.15) is 0 Å². The summed E-state index contributed by atoms with van der Waals surface area (Å²) in [6.45, 7) is 11.0. The minimum atomic E-state index is -3.77. The molecule has 112 valence electrons. The van der Waals surface area contributed by atoms with Gasteiger partial charge in [-0.1, -0.05) is 6.92 Å². The topological polar surface area (TPSA) is 75.3 Å². The number of hydrogen-bond donors (Lipinski definition) is 2. The predicted octanol–water partition coefficient (Wildman–Crippen LogP) is 1.95. The molecule has 20 heavy (non-hydrogen) atoms. The fourth-order valence-electron chi connectivity index (χ4n) is 2.13. The van der Waals surface area contributed by atoms with Gasteiger partial charge in [-0.2, -0.15) is 0 Å². The van der Waals surface area contributed by atoms with Gasteiger partial charge in [0.15, 0.2) is 0 Å². The molecule has 1 amide bonds. The monoisotopic (exact) mass is 298 g/mol. The summed E-state index contributed by atoms with van der Waals surface area (Å²) < 4.78 is 24.8. The third kappa shape index (κ3) is 3.02. The molecule has 0 aliphatic heterocycles. The van der Waals surface area contributed by atoms with Crippen molar-refractivity contribution in [3.63, 3.8) is 0 Å². The summed E-state index contributed by atoms with van der Waals surface area (Å²) >= 11 is 0. The summed E-state index contributed by atoms with van der Waals surface area (Å²) in [5.74, 6) is -0.371. The van der Waals surface area contributed by atoms with E-state index in [0.29, 0.717) is 11.1 Å². The van der Waals surface area contributed by atoms with Gasteiger partial charge in [-0.05, 0) is 62.4 Å². The molecule has 0 atom stereocenters. The Kier molecular flexibility index (Phi) is 4.94. The van der Waals surface area contributed by atoms with Crippen molar-refractivity contribution in [2.24, 2.45) is 0 Å². The van der Waals surface area contributed by atoms with Crippen molar-refractivity contribution < 1.29 is 13.2 Å². The maximum absolute atomic E-state index is 12.4. The lowest BCUT2D eigenvalue weighted by Gasteiger charge is -2.19. The first-order valence-electron chi connectivity index (χ1n) is 6.51. The molecule has 0 heterocycles. The van der Waals surface area contributed by atoms with E-state index >= 15 is 0 Å². The Bertz CT molecular complexity index is 620. The number of nitrogens with one attached hydrogen (secondary N) is 2. The predicted molar refractivity (Wildman–Crippen MR) is 78.9 cm³/mol. The molecule has 0 spiro atoms. The minimum Gasteiger partial charge on any atom is -0.278 e. The van der Waals surface area contributed by atoms with Crippen molar-refractivity contribution in [1.29, 1.82) is 0 Å². The molecule has 0 aliphatic rings. The molecule has 0 aromatic heterocycles. The lowest BCUT2D eigenvalue weighted by atomic mass is 9.95. The second kappa shape index (κ2) is 5.93. The first-order valence-corrected chi connectivity index (χ1v) is 7.99. The van der Waals surface area contributed by atoms with Crippen molar-refractivity contribution in [1.82, 2.24) is 10.3 Å². The Labute approximate surface area is 120 Å². The number of carbonyl (C=O) groups excluding carboxylic acids is 1. The van der Waals surface area contributed by atoms with Crippen LogP contribution in [0.3, 0.4) is 0 Å². The van der Waals surface area contributed by atoms with E-state index in [-0.39, 0.29) is 17.2 Å².